The van der Waals surface area contributed by atoms with Gasteiger partial charge in [0.1, 0.15) is 5.02 Å². The van der Waals surface area contributed by atoms with E-state index in [1.165, 1.54) is 24.3 Å². The highest BCUT2D eigenvalue weighted by molar-refractivity contribution is 6.32. The van der Waals surface area contributed by atoms with Crippen LogP contribution in [-0.4, -0.2) is 33.4 Å². The molecule has 2 aromatic carbocycles. The minimum atomic E-state index is -0.704. The van der Waals surface area contributed by atoms with Crippen molar-refractivity contribution in [3.8, 4) is 0 Å². The van der Waals surface area contributed by atoms with Crippen LogP contribution in [0.25, 0.3) is 11.0 Å². The normalized spacial score (nSPS) is 10.6. The van der Waals surface area contributed by atoms with Crippen molar-refractivity contribution in [2.24, 2.45) is 0 Å². The molecule has 1 aromatic heterocycles. The van der Waals surface area contributed by atoms with Crippen LogP contribution in [0.3, 0.4) is 0 Å². The number of benzene rings is 2. The van der Waals surface area contributed by atoms with Gasteiger partial charge in [0.25, 0.3) is 11.6 Å². The number of aromatic nitrogens is 2. The molecule has 0 radical (unpaired) electrons. The van der Waals surface area contributed by atoms with Crippen molar-refractivity contribution < 1.29 is 19.2 Å². The molecule has 1 heterocycles. The van der Waals surface area contributed by atoms with E-state index in [0.717, 1.165) is 17.5 Å². The Morgan fingerprint density at radius 2 is 1.79 bits per heavy atom. The molecule has 0 aliphatic rings. The van der Waals surface area contributed by atoms with Crippen LogP contribution in [0.4, 0.5) is 11.4 Å². The van der Waals surface area contributed by atoms with Gasteiger partial charge in [-0.25, -0.2) is 14.8 Å². The van der Waals surface area contributed by atoms with Crippen molar-refractivity contribution in [2.75, 3.05) is 11.9 Å². The third kappa shape index (κ3) is 4.64. The first kappa shape index (κ1) is 20.2. The zero-order valence-electron chi connectivity index (χ0n) is 15.4. The van der Waals surface area contributed by atoms with Crippen LogP contribution >= 0.6 is 11.6 Å². The van der Waals surface area contributed by atoms with Crippen LogP contribution in [0.2, 0.25) is 5.02 Å². The summed E-state index contributed by atoms with van der Waals surface area (Å²) >= 11 is 5.72. The zero-order valence-corrected chi connectivity index (χ0v) is 16.2. The molecule has 29 heavy (non-hydrogen) atoms. The van der Waals surface area contributed by atoms with Crippen molar-refractivity contribution in [3.05, 3.63) is 68.5 Å². The number of rotatable bonds is 5. The molecular weight excluding hydrogens is 400 g/mol. The predicted molar refractivity (Wildman–Crippen MR) is 106 cm³/mol. The number of nitro groups is 1. The van der Waals surface area contributed by atoms with E-state index < -0.39 is 23.4 Å². The lowest BCUT2D eigenvalue weighted by Gasteiger charge is -2.08. The molecule has 10 heteroatoms. The van der Waals surface area contributed by atoms with Crippen LogP contribution < -0.4 is 5.32 Å². The second-order valence-electron chi connectivity index (χ2n) is 6.15. The number of ether oxygens (including phenoxy) is 1. The molecule has 0 aliphatic carbocycles. The molecule has 1 amide bonds. The van der Waals surface area contributed by atoms with Gasteiger partial charge in [-0.3, -0.25) is 14.9 Å². The zero-order chi connectivity index (χ0) is 21.1. The summed E-state index contributed by atoms with van der Waals surface area (Å²) in [5.74, 6) is -1.36. The summed E-state index contributed by atoms with van der Waals surface area (Å²) in [5.41, 5.74) is 2.78. The van der Waals surface area contributed by atoms with E-state index in [1.807, 2.05) is 13.8 Å². The van der Waals surface area contributed by atoms with Gasteiger partial charge in [-0.05, 0) is 44.2 Å². The molecule has 9 nitrogen and oxygen atoms in total. The highest BCUT2D eigenvalue weighted by Gasteiger charge is 2.15. The number of carbonyl (C=O) groups is 2. The number of hydrogen-bond acceptors (Lipinski definition) is 7. The number of amides is 1. The SMILES string of the molecule is Cc1nc2ccc(C(=O)OCC(=O)Nc3ccc(Cl)c([N+](=O)[O-])c3)cc2nc1C. The number of nitrogens with zero attached hydrogens (tertiary/aromatic N) is 3. The number of aryl methyl sites for hydroxylation is 2. The standard InChI is InChI=1S/C19H15ClN4O5/c1-10-11(2)22-16-7-12(3-6-15(16)21-10)19(26)29-9-18(25)23-13-4-5-14(20)17(8-13)24(27)28/h3-8H,9H2,1-2H3,(H,23,25). The van der Waals surface area contributed by atoms with Gasteiger partial charge in [0, 0.05) is 11.8 Å². The highest BCUT2D eigenvalue weighted by atomic mass is 35.5. The van der Waals surface area contributed by atoms with Crippen molar-refractivity contribution in [2.45, 2.75) is 13.8 Å². The van der Waals surface area contributed by atoms with E-state index in [9.17, 15) is 19.7 Å². The van der Waals surface area contributed by atoms with E-state index in [-0.39, 0.29) is 22.0 Å². The first-order chi connectivity index (χ1) is 13.7. The fourth-order valence-corrected chi connectivity index (χ4v) is 2.69. The number of nitro benzene ring substituents is 1. The minimum Gasteiger partial charge on any atom is -0.452 e. The quantitative estimate of drug-likeness (QED) is 0.384. The Kier molecular flexibility index (Phi) is 5.69. The Balaban J connectivity index is 1.65. The van der Waals surface area contributed by atoms with E-state index in [2.05, 4.69) is 15.3 Å². The summed E-state index contributed by atoms with van der Waals surface area (Å²) in [5, 5.41) is 13.3. The summed E-state index contributed by atoms with van der Waals surface area (Å²) in [6, 6.07) is 8.54. The maximum atomic E-state index is 12.2. The lowest BCUT2D eigenvalue weighted by molar-refractivity contribution is -0.384. The van der Waals surface area contributed by atoms with Crippen molar-refractivity contribution in [1.82, 2.24) is 9.97 Å². The van der Waals surface area contributed by atoms with Gasteiger partial charge in [0.2, 0.25) is 0 Å². The lowest BCUT2D eigenvalue weighted by Crippen LogP contribution is -2.21. The van der Waals surface area contributed by atoms with Gasteiger partial charge in [-0.15, -0.1) is 0 Å². The summed E-state index contributed by atoms with van der Waals surface area (Å²) in [6.45, 7) is 3.10. The maximum Gasteiger partial charge on any atom is 0.338 e. The van der Waals surface area contributed by atoms with Gasteiger partial charge in [-0.2, -0.15) is 0 Å². The van der Waals surface area contributed by atoms with E-state index in [0.29, 0.717) is 11.0 Å². The third-order valence-electron chi connectivity index (χ3n) is 4.07. The first-order valence-electron chi connectivity index (χ1n) is 8.40. The predicted octanol–water partition coefficient (Wildman–Crippen LogP) is 3.60. The highest BCUT2D eigenvalue weighted by Crippen LogP contribution is 2.27. The Morgan fingerprint density at radius 1 is 1.10 bits per heavy atom. The molecular formula is C19H15ClN4O5. The number of fused-ring (bicyclic) bond motifs is 1. The molecule has 0 saturated heterocycles. The van der Waals surface area contributed by atoms with Crippen molar-refractivity contribution >= 4 is 45.9 Å². The van der Waals surface area contributed by atoms with Gasteiger partial charge < -0.3 is 10.1 Å². The molecule has 0 bridgehead atoms. The Hall–Kier alpha value is -3.59. The number of hydrogen-bond donors (Lipinski definition) is 1. The number of esters is 1. The molecule has 0 fully saturated rings. The topological polar surface area (TPSA) is 124 Å². The van der Waals surface area contributed by atoms with Crippen molar-refractivity contribution in [1.29, 1.82) is 0 Å². The third-order valence-corrected chi connectivity index (χ3v) is 4.39. The summed E-state index contributed by atoms with van der Waals surface area (Å²) in [4.78, 5) is 43.2. The molecule has 148 valence electrons. The van der Waals surface area contributed by atoms with Gasteiger partial charge in [0.15, 0.2) is 6.61 Å². The molecule has 0 unspecified atom stereocenters. The Labute approximate surface area is 169 Å². The van der Waals surface area contributed by atoms with E-state index in [1.54, 1.807) is 6.07 Å². The van der Waals surface area contributed by atoms with Gasteiger partial charge in [0.05, 0.1) is 32.9 Å². The van der Waals surface area contributed by atoms with Crippen LogP contribution in [0.5, 0.6) is 0 Å². The number of halogens is 1. The van der Waals surface area contributed by atoms with Crippen LogP contribution in [0.15, 0.2) is 36.4 Å². The molecule has 3 rings (SSSR count). The molecule has 1 N–H and O–H groups in total. The largest absolute Gasteiger partial charge is 0.452 e. The maximum absolute atomic E-state index is 12.2. The summed E-state index contributed by atoms with van der Waals surface area (Å²) in [6.07, 6.45) is 0. The van der Waals surface area contributed by atoms with Crippen LogP contribution in [0, 0.1) is 24.0 Å². The molecule has 0 spiro atoms. The number of nitrogens with one attached hydrogen (secondary N) is 1. The van der Waals surface area contributed by atoms with Gasteiger partial charge >= 0.3 is 5.97 Å². The average molecular weight is 415 g/mol. The average Bonchev–Trinajstić information content (AvgIpc) is 2.68. The van der Waals surface area contributed by atoms with Crippen LogP contribution in [-0.2, 0) is 9.53 Å². The summed E-state index contributed by atoms with van der Waals surface area (Å²) < 4.78 is 5.01. The van der Waals surface area contributed by atoms with E-state index in [4.69, 9.17) is 16.3 Å². The Morgan fingerprint density at radius 3 is 2.48 bits per heavy atom. The van der Waals surface area contributed by atoms with Crippen LogP contribution in [0.1, 0.15) is 21.7 Å². The monoisotopic (exact) mass is 414 g/mol. The molecule has 0 aliphatic heterocycles. The second-order valence-corrected chi connectivity index (χ2v) is 6.55. The second kappa shape index (κ2) is 8.19. The lowest BCUT2D eigenvalue weighted by atomic mass is 10.2. The molecule has 0 atom stereocenters. The fraction of sp³-hybridized carbons (Fsp3) is 0.158. The number of anilines is 1. The van der Waals surface area contributed by atoms with Crippen molar-refractivity contribution in [3.63, 3.8) is 0 Å². The fourth-order valence-electron chi connectivity index (χ4n) is 2.50. The Bertz CT molecular complexity index is 1150. The molecule has 3 aromatic rings. The summed E-state index contributed by atoms with van der Waals surface area (Å²) in [7, 11) is 0. The smallest absolute Gasteiger partial charge is 0.338 e. The van der Waals surface area contributed by atoms with E-state index >= 15 is 0 Å². The molecule has 0 saturated carbocycles. The minimum absolute atomic E-state index is 0.0516. The first-order valence-corrected chi connectivity index (χ1v) is 8.78. The van der Waals surface area contributed by atoms with Gasteiger partial charge in [-0.1, -0.05) is 11.6 Å². The number of carbonyl (C=O) groups excluding carboxylic acids is 2.